The zero-order chi connectivity index (χ0) is 34.4. The summed E-state index contributed by atoms with van der Waals surface area (Å²) in [5.41, 5.74) is 4.30. The SMILES string of the molecule is CCOc1ccc(-n2c(=O)c3ccc(Cl)cc3n3c(COC(=O)c4cc(-c5ccc(C)cc5)nc5nc(N6CCCCC6)sc45)nnc23)cc1. The van der Waals surface area contributed by atoms with Gasteiger partial charge in [0.2, 0.25) is 5.78 Å². The average molecular weight is 706 g/mol. The van der Waals surface area contributed by atoms with E-state index in [1.54, 1.807) is 52.9 Å². The second-order valence-corrected chi connectivity index (χ2v) is 13.6. The van der Waals surface area contributed by atoms with Crippen LogP contribution in [-0.2, 0) is 11.3 Å². The highest BCUT2D eigenvalue weighted by Crippen LogP contribution is 2.35. The van der Waals surface area contributed by atoms with E-state index >= 15 is 0 Å². The Morgan fingerprint density at radius 1 is 0.940 bits per heavy atom. The lowest BCUT2D eigenvalue weighted by molar-refractivity contribution is 0.0464. The molecular weight excluding hydrogens is 674 g/mol. The van der Waals surface area contributed by atoms with Gasteiger partial charge >= 0.3 is 5.97 Å². The lowest BCUT2D eigenvalue weighted by Crippen LogP contribution is -2.29. The number of piperidine rings is 1. The summed E-state index contributed by atoms with van der Waals surface area (Å²) in [7, 11) is 0. The van der Waals surface area contributed by atoms with Crippen molar-refractivity contribution < 1.29 is 14.3 Å². The van der Waals surface area contributed by atoms with Crippen molar-refractivity contribution in [3.8, 4) is 22.7 Å². The molecular formula is C37H32ClN7O4S. The van der Waals surface area contributed by atoms with Gasteiger partial charge in [0.05, 0.1) is 39.2 Å². The molecule has 1 saturated heterocycles. The third-order valence-corrected chi connectivity index (χ3v) is 10.2. The summed E-state index contributed by atoms with van der Waals surface area (Å²) in [6, 6.07) is 22.0. The maximum Gasteiger partial charge on any atom is 0.340 e. The van der Waals surface area contributed by atoms with Crippen LogP contribution in [0.1, 0.15) is 47.9 Å². The monoisotopic (exact) mass is 705 g/mol. The maximum absolute atomic E-state index is 14.0. The number of fused-ring (bicyclic) bond motifs is 4. The maximum atomic E-state index is 14.0. The van der Waals surface area contributed by atoms with E-state index < -0.39 is 5.97 Å². The fraction of sp³-hybridized carbons (Fsp3) is 0.243. The number of hydrogen-bond donors (Lipinski definition) is 0. The Bertz CT molecular complexity index is 2450. The summed E-state index contributed by atoms with van der Waals surface area (Å²) >= 11 is 7.87. The molecule has 0 unspecified atom stereocenters. The Morgan fingerprint density at radius 2 is 1.72 bits per heavy atom. The number of halogens is 1. The number of thiazole rings is 1. The number of anilines is 1. The van der Waals surface area contributed by atoms with E-state index in [4.69, 9.17) is 31.0 Å². The van der Waals surface area contributed by atoms with Crippen molar-refractivity contribution in [3.63, 3.8) is 0 Å². The lowest BCUT2D eigenvalue weighted by atomic mass is 10.1. The summed E-state index contributed by atoms with van der Waals surface area (Å²) in [5, 5.41) is 10.5. The number of pyridine rings is 1. The molecule has 11 nitrogen and oxygen atoms in total. The standard InChI is InChI=1S/C37H32ClN7O4S/c1-3-48-26-14-12-25(13-15-26)44-34(46)27-16-11-24(38)19-30(27)45-31(41-42-36(44)45)21-49-35(47)28-20-29(23-9-7-22(2)8-10-23)39-33-32(28)50-37(40-33)43-17-5-4-6-18-43/h7-16,19-20H,3-6,17-18,21H2,1-2H3. The Labute approximate surface area is 295 Å². The van der Waals surface area contributed by atoms with Crippen LogP contribution >= 0.6 is 22.9 Å². The first-order valence-corrected chi connectivity index (χ1v) is 17.7. The van der Waals surface area contributed by atoms with Crippen molar-refractivity contribution in [2.45, 2.75) is 39.7 Å². The fourth-order valence-corrected chi connectivity index (χ4v) is 7.55. The summed E-state index contributed by atoms with van der Waals surface area (Å²) < 4.78 is 15.4. The van der Waals surface area contributed by atoms with E-state index in [1.165, 1.54) is 22.3 Å². The molecule has 3 aromatic carbocycles. The van der Waals surface area contributed by atoms with E-state index in [-0.39, 0.29) is 17.9 Å². The van der Waals surface area contributed by atoms with Crippen molar-refractivity contribution in [3.05, 3.63) is 105 Å². The van der Waals surface area contributed by atoms with Gasteiger partial charge < -0.3 is 14.4 Å². The average Bonchev–Trinajstić information content (AvgIpc) is 3.77. The van der Waals surface area contributed by atoms with Gasteiger partial charge in [0, 0.05) is 23.7 Å². The third kappa shape index (κ3) is 5.84. The Kier molecular flexibility index (Phi) is 8.41. The molecule has 0 atom stereocenters. The largest absolute Gasteiger partial charge is 0.494 e. The number of benzene rings is 3. The lowest BCUT2D eigenvalue weighted by Gasteiger charge is -2.25. The molecule has 0 bridgehead atoms. The molecule has 5 heterocycles. The van der Waals surface area contributed by atoms with Crippen LogP contribution in [0.4, 0.5) is 5.13 Å². The van der Waals surface area contributed by atoms with Crippen molar-refractivity contribution >= 4 is 61.1 Å². The Hall–Kier alpha value is -5.33. The van der Waals surface area contributed by atoms with Crippen LogP contribution in [0.25, 0.3) is 44.0 Å². The van der Waals surface area contributed by atoms with Crippen LogP contribution in [-0.4, -0.2) is 54.8 Å². The molecule has 0 saturated carbocycles. The number of carbonyl (C=O) groups is 1. The first-order valence-electron chi connectivity index (χ1n) is 16.5. The van der Waals surface area contributed by atoms with Gasteiger partial charge in [-0.15, -0.1) is 10.2 Å². The minimum Gasteiger partial charge on any atom is -0.494 e. The minimum atomic E-state index is -0.543. The molecule has 0 aliphatic carbocycles. The number of rotatable bonds is 8. The zero-order valence-corrected chi connectivity index (χ0v) is 29.0. The summed E-state index contributed by atoms with van der Waals surface area (Å²) in [4.78, 5) is 39.9. The third-order valence-electron chi connectivity index (χ3n) is 8.83. The molecule has 1 aliphatic heterocycles. The summed E-state index contributed by atoms with van der Waals surface area (Å²) in [6.45, 7) is 6.08. The van der Waals surface area contributed by atoms with Gasteiger partial charge in [-0.3, -0.25) is 9.20 Å². The van der Waals surface area contributed by atoms with Crippen molar-refractivity contribution in [1.29, 1.82) is 0 Å². The van der Waals surface area contributed by atoms with Gasteiger partial charge in [0.1, 0.15) is 5.75 Å². The molecule has 7 aromatic rings. The molecule has 1 fully saturated rings. The molecule has 0 N–H and O–H groups in total. The normalized spacial score (nSPS) is 13.4. The van der Waals surface area contributed by atoms with Gasteiger partial charge in [-0.1, -0.05) is 52.8 Å². The minimum absolute atomic E-state index is 0.218. The van der Waals surface area contributed by atoms with Gasteiger partial charge in [-0.25, -0.2) is 14.3 Å². The highest BCUT2D eigenvalue weighted by atomic mass is 35.5. The summed E-state index contributed by atoms with van der Waals surface area (Å²) in [6.07, 6.45) is 3.40. The molecule has 252 valence electrons. The number of aryl methyl sites for hydroxylation is 1. The molecule has 4 aromatic heterocycles. The Morgan fingerprint density at radius 3 is 2.48 bits per heavy atom. The molecule has 13 heteroatoms. The molecule has 0 radical (unpaired) electrons. The van der Waals surface area contributed by atoms with E-state index in [9.17, 15) is 9.59 Å². The number of ether oxygens (including phenoxy) is 2. The highest BCUT2D eigenvalue weighted by molar-refractivity contribution is 7.22. The van der Waals surface area contributed by atoms with E-state index in [0.29, 0.717) is 61.4 Å². The van der Waals surface area contributed by atoms with Crippen LogP contribution in [0.3, 0.4) is 0 Å². The van der Waals surface area contributed by atoms with Crippen molar-refractivity contribution in [1.82, 2.24) is 29.1 Å². The molecule has 0 amide bonds. The number of carbonyl (C=O) groups excluding carboxylic acids is 1. The molecule has 1 aliphatic rings. The summed E-state index contributed by atoms with van der Waals surface area (Å²) in [5.74, 6) is 0.712. The van der Waals surface area contributed by atoms with Gasteiger partial charge in [0.15, 0.2) is 23.2 Å². The van der Waals surface area contributed by atoms with Crippen LogP contribution in [0, 0.1) is 6.92 Å². The predicted molar refractivity (Wildman–Crippen MR) is 195 cm³/mol. The van der Waals surface area contributed by atoms with Crippen LogP contribution in [0.2, 0.25) is 5.02 Å². The zero-order valence-electron chi connectivity index (χ0n) is 27.4. The number of hydrogen-bond acceptors (Lipinski definition) is 10. The topological polar surface area (TPSA) is 117 Å². The van der Waals surface area contributed by atoms with Crippen molar-refractivity contribution in [2.75, 3.05) is 24.6 Å². The second kappa shape index (κ2) is 13.2. The van der Waals surface area contributed by atoms with Gasteiger partial charge in [-0.05, 0) is 81.6 Å². The van der Waals surface area contributed by atoms with Crippen LogP contribution in [0.15, 0.2) is 77.6 Å². The van der Waals surface area contributed by atoms with Crippen LogP contribution in [0.5, 0.6) is 5.75 Å². The number of aromatic nitrogens is 6. The first-order chi connectivity index (χ1) is 24.4. The van der Waals surface area contributed by atoms with E-state index in [2.05, 4.69) is 15.1 Å². The smallest absolute Gasteiger partial charge is 0.340 e. The number of nitrogens with zero attached hydrogens (tertiary/aromatic N) is 7. The second-order valence-electron chi connectivity index (χ2n) is 12.2. The fourth-order valence-electron chi connectivity index (χ4n) is 6.32. The number of esters is 1. The van der Waals surface area contributed by atoms with Gasteiger partial charge in [-0.2, -0.15) is 4.98 Å². The van der Waals surface area contributed by atoms with E-state index in [1.807, 2.05) is 38.1 Å². The quantitative estimate of drug-likeness (QED) is 0.149. The Balaban J connectivity index is 1.19. The van der Waals surface area contributed by atoms with Crippen molar-refractivity contribution in [2.24, 2.45) is 0 Å². The van der Waals surface area contributed by atoms with Gasteiger partial charge in [0.25, 0.3) is 5.56 Å². The van der Waals surface area contributed by atoms with Crippen LogP contribution < -0.4 is 15.2 Å². The molecule has 8 rings (SSSR count). The first kappa shape index (κ1) is 31.9. The molecule has 0 spiro atoms. The van der Waals surface area contributed by atoms with E-state index in [0.717, 1.165) is 42.2 Å². The predicted octanol–water partition coefficient (Wildman–Crippen LogP) is 7.41. The molecule has 50 heavy (non-hydrogen) atoms. The highest BCUT2D eigenvalue weighted by Gasteiger charge is 2.24.